The Morgan fingerprint density at radius 3 is 2.65 bits per heavy atom. The summed E-state index contributed by atoms with van der Waals surface area (Å²) < 4.78 is 1.64. The highest BCUT2D eigenvalue weighted by atomic mass is 16.2. The maximum absolute atomic E-state index is 12.8. The number of anilines is 2. The second-order valence-corrected chi connectivity index (χ2v) is 4.60. The summed E-state index contributed by atoms with van der Waals surface area (Å²) in [4.78, 5) is 14.5. The van der Waals surface area contributed by atoms with Crippen molar-refractivity contribution < 1.29 is 4.79 Å². The van der Waals surface area contributed by atoms with Gasteiger partial charge in [-0.15, -0.1) is 0 Å². The first-order chi connectivity index (χ1) is 9.60. The van der Waals surface area contributed by atoms with Gasteiger partial charge in [0.15, 0.2) is 0 Å². The summed E-state index contributed by atoms with van der Waals surface area (Å²) in [5.41, 5.74) is 8.74. The summed E-state index contributed by atoms with van der Waals surface area (Å²) in [7, 11) is 0. The summed E-state index contributed by atoms with van der Waals surface area (Å²) in [6.07, 6.45) is 1.53. The van der Waals surface area contributed by atoms with Crippen LogP contribution in [0.15, 0.2) is 30.5 Å². The molecule has 1 amide bonds. The van der Waals surface area contributed by atoms with Crippen LogP contribution in [0.2, 0.25) is 0 Å². The first-order valence-corrected chi connectivity index (χ1v) is 6.78. The van der Waals surface area contributed by atoms with Crippen LogP contribution in [0.4, 0.5) is 11.4 Å². The Morgan fingerprint density at radius 2 is 2.05 bits per heavy atom. The van der Waals surface area contributed by atoms with Crippen LogP contribution in [0, 0.1) is 6.92 Å². The highest BCUT2D eigenvalue weighted by Gasteiger charge is 2.23. The van der Waals surface area contributed by atoms with Gasteiger partial charge in [0.25, 0.3) is 5.91 Å². The maximum atomic E-state index is 12.8. The van der Waals surface area contributed by atoms with Crippen molar-refractivity contribution in [2.75, 3.05) is 17.2 Å². The zero-order valence-corrected chi connectivity index (χ0v) is 12.1. The number of nitrogens with zero attached hydrogens (tertiary/aromatic N) is 3. The summed E-state index contributed by atoms with van der Waals surface area (Å²) in [6, 6.07) is 7.83. The molecular formula is C15H20N4O. The molecule has 0 saturated heterocycles. The van der Waals surface area contributed by atoms with Crippen LogP contribution in [0.25, 0.3) is 0 Å². The van der Waals surface area contributed by atoms with Crippen molar-refractivity contribution >= 4 is 17.3 Å². The van der Waals surface area contributed by atoms with Gasteiger partial charge >= 0.3 is 0 Å². The van der Waals surface area contributed by atoms with Gasteiger partial charge in [0, 0.05) is 18.8 Å². The van der Waals surface area contributed by atoms with Crippen LogP contribution >= 0.6 is 0 Å². The monoisotopic (exact) mass is 272 g/mol. The van der Waals surface area contributed by atoms with Crippen LogP contribution in [0.5, 0.6) is 0 Å². The second-order valence-electron chi connectivity index (χ2n) is 4.60. The normalized spacial score (nSPS) is 10.6. The molecule has 0 atom stereocenters. The van der Waals surface area contributed by atoms with Gasteiger partial charge in [0.1, 0.15) is 5.69 Å². The van der Waals surface area contributed by atoms with Crippen LogP contribution in [-0.2, 0) is 6.54 Å². The zero-order valence-electron chi connectivity index (χ0n) is 12.1. The van der Waals surface area contributed by atoms with E-state index in [1.807, 2.05) is 45.0 Å². The molecule has 0 radical (unpaired) electrons. The van der Waals surface area contributed by atoms with Crippen molar-refractivity contribution in [2.45, 2.75) is 27.3 Å². The minimum absolute atomic E-state index is 0.112. The van der Waals surface area contributed by atoms with Crippen molar-refractivity contribution in [3.05, 3.63) is 41.7 Å². The van der Waals surface area contributed by atoms with Crippen molar-refractivity contribution in [2.24, 2.45) is 0 Å². The fourth-order valence-electron chi connectivity index (χ4n) is 2.29. The van der Waals surface area contributed by atoms with Gasteiger partial charge in [-0.05, 0) is 32.4 Å². The van der Waals surface area contributed by atoms with Crippen molar-refractivity contribution in [3.63, 3.8) is 0 Å². The van der Waals surface area contributed by atoms with Crippen LogP contribution in [0.3, 0.4) is 0 Å². The summed E-state index contributed by atoms with van der Waals surface area (Å²) in [5, 5.41) is 4.13. The Bertz CT molecular complexity index is 618. The quantitative estimate of drug-likeness (QED) is 0.929. The minimum atomic E-state index is -0.112. The number of aromatic nitrogens is 2. The van der Waals surface area contributed by atoms with Gasteiger partial charge in [-0.25, -0.2) is 0 Å². The number of rotatable bonds is 4. The number of carbonyl (C=O) groups excluding carboxylic acids is 1. The molecule has 5 nitrogen and oxygen atoms in total. The molecular weight excluding hydrogens is 252 g/mol. The second kappa shape index (κ2) is 5.77. The van der Waals surface area contributed by atoms with E-state index in [1.165, 1.54) is 6.20 Å². The fraction of sp³-hybridized carbons (Fsp3) is 0.333. The molecule has 0 aliphatic heterocycles. The topological polar surface area (TPSA) is 64.2 Å². The Balaban J connectivity index is 2.45. The molecule has 0 unspecified atom stereocenters. The molecule has 20 heavy (non-hydrogen) atoms. The maximum Gasteiger partial charge on any atom is 0.278 e. The highest BCUT2D eigenvalue weighted by Crippen LogP contribution is 2.23. The molecule has 0 fully saturated rings. The van der Waals surface area contributed by atoms with Crippen LogP contribution in [-0.4, -0.2) is 22.2 Å². The Hall–Kier alpha value is -2.30. The van der Waals surface area contributed by atoms with E-state index in [4.69, 9.17) is 5.73 Å². The van der Waals surface area contributed by atoms with Gasteiger partial charge < -0.3 is 10.6 Å². The number of benzene rings is 1. The predicted molar refractivity (Wildman–Crippen MR) is 80.8 cm³/mol. The van der Waals surface area contributed by atoms with Gasteiger partial charge in [0.2, 0.25) is 0 Å². The molecule has 0 bridgehead atoms. The average molecular weight is 272 g/mol. The number of hydrogen-bond acceptors (Lipinski definition) is 3. The van der Waals surface area contributed by atoms with E-state index in [0.29, 0.717) is 24.5 Å². The average Bonchev–Trinajstić information content (AvgIpc) is 2.82. The number of nitrogen functional groups attached to an aromatic ring is 1. The lowest BCUT2D eigenvalue weighted by molar-refractivity contribution is 0.0979. The van der Waals surface area contributed by atoms with Gasteiger partial charge in [-0.3, -0.25) is 9.48 Å². The molecule has 0 aliphatic carbocycles. The third kappa shape index (κ3) is 2.39. The number of hydrogen-bond donors (Lipinski definition) is 1. The number of nitrogens with two attached hydrogens (primary N) is 1. The molecule has 0 aliphatic rings. The van der Waals surface area contributed by atoms with Crippen molar-refractivity contribution in [1.29, 1.82) is 0 Å². The molecule has 1 aromatic heterocycles. The number of amides is 1. The van der Waals surface area contributed by atoms with E-state index < -0.39 is 0 Å². The Kier molecular flexibility index (Phi) is 4.08. The van der Waals surface area contributed by atoms with E-state index in [9.17, 15) is 4.79 Å². The minimum Gasteiger partial charge on any atom is -0.396 e. The molecule has 1 heterocycles. The SMILES string of the molecule is CCN(C(=O)c1c(N)cnn1CC)c1ccccc1C. The first-order valence-electron chi connectivity index (χ1n) is 6.78. The molecule has 2 aromatic rings. The van der Waals surface area contributed by atoms with E-state index in [2.05, 4.69) is 5.10 Å². The highest BCUT2D eigenvalue weighted by molar-refractivity contribution is 6.08. The number of aryl methyl sites for hydroxylation is 2. The predicted octanol–water partition coefficient (Wildman–Crippen LogP) is 2.46. The largest absolute Gasteiger partial charge is 0.396 e. The molecule has 2 rings (SSSR count). The Labute approximate surface area is 119 Å². The number of carbonyl (C=O) groups is 1. The molecule has 0 spiro atoms. The van der Waals surface area contributed by atoms with E-state index in [1.54, 1.807) is 9.58 Å². The van der Waals surface area contributed by atoms with E-state index >= 15 is 0 Å². The summed E-state index contributed by atoms with van der Waals surface area (Å²) in [5.74, 6) is -0.112. The lowest BCUT2D eigenvalue weighted by Crippen LogP contribution is -2.33. The van der Waals surface area contributed by atoms with Crippen LogP contribution < -0.4 is 10.6 Å². The standard InChI is InChI=1S/C15H20N4O/c1-4-18(13-9-7-6-8-11(13)3)15(20)14-12(16)10-17-19(14)5-2/h6-10H,4-5,16H2,1-3H3. The van der Waals surface area contributed by atoms with E-state index in [-0.39, 0.29) is 5.91 Å². The smallest absolute Gasteiger partial charge is 0.278 e. The summed E-state index contributed by atoms with van der Waals surface area (Å²) in [6.45, 7) is 7.08. The van der Waals surface area contributed by atoms with Crippen LogP contribution in [0.1, 0.15) is 29.9 Å². The first kappa shape index (κ1) is 14.1. The lowest BCUT2D eigenvalue weighted by Gasteiger charge is -2.23. The molecule has 0 saturated carbocycles. The molecule has 5 heteroatoms. The third-order valence-electron chi connectivity index (χ3n) is 3.34. The van der Waals surface area contributed by atoms with E-state index in [0.717, 1.165) is 11.3 Å². The fourth-order valence-corrected chi connectivity index (χ4v) is 2.29. The zero-order chi connectivity index (χ0) is 14.7. The molecule has 1 aromatic carbocycles. The van der Waals surface area contributed by atoms with Crippen molar-refractivity contribution in [3.8, 4) is 0 Å². The Morgan fingerprint density at radius 1 is 1.35 bits per heavy atom. The van der Waals surface area contributed by atoms with Gasteiger partial charge in [0.05, 0.1) is 11.9 Å². The van der Waals surface area contributed by atoms with Gasteiger partial charge in [-0.2, -0.15) is 5.10 Å². The summed E-state index contributed by atoms with van der Waals surface area (Å²) >= 11 is 0. The molecule has 2 N–H and O–H groups in total. The lowest BCUT2D eigenvalue weighted by atomic mass is 10.1. The van der Waals surface area contributed by atoms with Gasteiger partial charge in [-0.1, -0.05) is 18.2 Å². The number of para-hydroxylation sites is 1. The third-order valence-corrected chi connectivity index (χ3v) is 3.34. The van der Waals surface area contributed by atoms with Crippen molar-refractivity contribution in [1.82, 2.24) is 9.78 Å². The molecule has 106 valence electrons.